The predicted molar refractivity (Wildman–Crippen MR) is 79.3 cm³/mol. The van der Waals surface area contributed by atoms with Gasteiger partial charge in [0.1, 0.15) is 5.75 Å². The van der Waals surface area contributed by atoms with E-state index in [0.717, 1.165) is 18.6 Å². The summed E-state index contributed by atoms with van der Waals surface area (Å²) in [5.41, 5.74) is 3.79. The van der Waals surface area contributed by atoms with Crippen molar-refractivity contribution < 1.29 is 14.6 Å². The van der Waals surface area contributed by atoms with Crippen molar-refractivity contribution in [3.8, 4) is 5.75 Å². The maximum absolute atomic E-state index is 10.9. The van der Waals surface area contributed by atoms with E-state index in [-0.39, 0.29) is 5.92 Å². The lowest BCUT2D eigenvalue weighted by molar-refractivity contribution is -0.138. The van der Waals surface area contributed by atoms with Crippen molar-refractivity contribution >= 4 is 5.97 Å². The largest absolute Gasteiger partial charge is 0.494 e. The molecule has 0 aromatic heterocycles. The van der Waals surface area contributed by atoms with Crippen molar-refractivity contribution in [1.82, 2.24) is 0 Å². The van der Waals surface area contributed by atoms with E-state index in [0.29, 0.717) is 18.4 Å². The number of hydrogen-bond acceptors (Lipinski definition) is 2. The molecule has 0 bridgehead atoms. The van der Waals surface area contributed by atoms with E-state index in [2.05, 4.69) is 26.8 Å². The van der Waals surface area contributed by atoms with Crippen LogP contribution in [0.15, 0.2) is 12.1 Å². The average Bonchev–Trinajstić information content (AvgIpc) is 3.14. The molecular formula is C17H24O3. The van der Waals surface area contributed by atoms with Crippen LogP contribution in [0.25, 0.3) is 0 Å². The molecule has 1 aliphatic rings. The Bertz CT molecular complexity index is 507. The molecular weight excluding hydrogens is 252 g/mol. The minimum absolute atomic E-state index is 0.110. The highest BCUT2D eigenvalue weighted by Gasteiger charge is 2.43. The summed E-state index contributed by atoms with van der Waals surface area (Å²) in [5.74, 6) is 0.964. The van der Waals surface area contributed by atoms with Gasteiger partial charge in [0.2, 0.25) is 0 Å². The second-order valence-corrected chi connectivity index (χ2v) is 5.91. The van der Waals surface area contributed by atoms with E-state index in [4.69, 9.17) is 9.84 Å². The third kappa shape index (κ3) is 2.97. The van der Waals surface area contributed by atoms with Gasteiger partial charge in [-0.05, 0) is 68.2 Å². The van der Waals surface area contributed by atoms with Crippen LogP contribution in [0, 0.1) is 25.7 Å². The average molecular weight is 276 g/mol. The van der Waals surface area contributed by atoms with Gasteiger partial charge in [-0.3, -0.25) is 4.79 Å². The minimum Gasteiger partial charge on any atom is -0.494 e. The number of hydrogen-bond donors (Lipinski definition) is 1. The third-order valence-electron chi connectivity index (χ3n) is 4.51. The Balaban J connectivity index is 2.09. The van der Waals surface area contributed by atoms with Gasteiger partial charge in [0, 0.05) is 0 Å². The summed E-state index contributed by atoms with van der Waals surface area (Å²) in [7, 11) is 0. The molecule has 3 nitrogen and oxygen atoms in total. The number of carboxylic acids is 1. The first-order valence-corrected chi connectivity index (χ1v) is 7.41. The van der Waals surface area contributed by atoms with Crippen molar-refractivity contribution in [2.24, 2.45) is 11.8 Å². The van der Waals surface area contributed by atoms with Crippen molar-refractivity contribution in [2.75, 3.05) is 6.61 Å². The Morgan fingerprint density at radius 3 is 2.65 bits per heavy atom. The molecule has 1 aromatic rings. The first kappa shape index (κ1) is 14.9. The molecule has 1 aliphatic carbocycles. The zero-order valence-electron chi connectivity index (χ0n) is 12.8. The van der Waals surface area contributed by atoms with Gasteiger partial charge in [-0.2, -0.15) is 0 Å². The number of carboxylic acid groups (broad SMARTS) is 1. The van der Waals surface area contributed by atoms with Gasteiger partial charge < -0.3 is 9.84 Å². The van der Waals surface area contributed by atoms with Crippen molar-refractivity contribution in [3.05, 3.63) is 28.8 Å². The van der Waals surface area contributed by atoms with E-state index < -0.39 is 5.97 Å². The molecule has 0 radical (unpaired) electrons. The number of ether oxygens (including phenoxy) is 1. The lowest BCUT2D eigenvalue weighted by atomic mass is 9.89. The summed E-state index contributed by atoms with van der Waals surface area (Å²) in [6.45, 7) is 9.08. The Morgan fingerprint density at radius 1 is 1.40 bits per heavy atom. The molecule has 0 saturated heterocycles. The second-order valence-electron chi connectivity index (χ2n) is 5.91. The van der Waals surface area contributed by atoms with E-state index in [9.17, 15) is 4.79 Å². The van der Waals surface area contributed by atoms with Crippen molar-refractivity contribution in [1.29, 1.82) is 0 Å². The fourth-order valence-corrected chi connectivity index (χ4v) is 3.05. The first-order valence-electron chi connectivity index (χ1n) is 7.41. The number of aliphatic carboxylic acids is 1. The normalized spacial score (nSPS) is 22.4. The van der Waals surface area contributed by atoms with E-state index in [1.165, 1.54) is 16.7 Å². The van der Waals surface area contributed by atoms with Gasteiger partial charge in [-0.15, -0.1) is 0 Å². The zero-order chi connectivity index (χ0) is 14.9. The van der Waals surface area contributed by atoms with Crippen LogP contribution in [0.1, 0.15) is 49.3 Å². The zero-order valence-corrected chi connectivity index (χ0v) is 12.8. The second kappa shape index (κ2) is 5.86. The van der Waals surface area contributed by atoms with Gasteiger partial charge >= 0.3 is 5.97 Å². The first-order chi connectivity index (χ1) is 9.45. The van der Waals surface area contributed by atoms with Gasteiger partial charge in [-0.25, -0.2) is 0 Å². The monoisotopic (exact) mass is 276 g/mol. The highest BCUT2D eigenvalue weighted by molar-refractivity contribution is 5.73. The lowest BCUT2D eigenvalue weighted by Crippen LogP contribution is -2.05. The summed E-state index contributed by atoms with van der Waals surface area (Å²) in [5, 5.41) is 8.98. The number of carbonyl (C=O) groups is 1. The fraction of sp³-hybridized carbons (Fsp3) is 0.588. The van der Waals surface area contributed by atoms with Gasteiger partial charge in [0.05, 0.1) is 12.5 Å². The third-order valence-corrected chi connectivity index (χ3v) is 4.51. The van der Waals surface area contributed by atoms with Crippen LogP contribution in [0.4, 0.5) is 0 Å². The maximum atomic E-state index is 10.9. The van der Waals surface area contributed by atoms with E-state index in [1.54, 1.807) is 0 Å². The molecule has 0 spiro atoms. The number of rotatable bonds is 6. The highest BCUT2D eigenvalue weighted by atomic mass is 16.5. The SMILES string of the molecule is CCOc1ccc(C(C)CC2CC2C(=O)O)c(C)c1C. The molecule has 1 saturated carbocycles. The highest BCUT2D eigenvalue weighted by Crippen LogP contribution is 2.45. The van der Waals surface area contributed by atoms with E-state index >= 15 is 0 Å². The van der Waals surface area contributed by atoms with Crippen LogP contribution in [-0.2, 0) is 4.79 Å². The Kier molecular flexibility index (Phi) is 4.36. The molecule has 0 amide bonds. The summed E-state index contributed by atoms with van der Waals surface area (Å²) in [4.78, 5) is 10.9. The van der Waals surface area contributed by atoms with Crippen LogP contribution < -0.4 is 4.74 Å². The van der Waals surface area contributed by atoms with Gasteiger partial charge in [-0.1, -0.05) is 13.0 Å². The molecule has 20 heavy (non-hydrogen) atoms. The quantitative estimate of drug-likeness (QED) is 0.856. The molecule has 0 heterocycles. The molecule has 3 atom stereocenters. The van der Waals surface area contributed by atoms with Crippen molar-refractivity contribution in [3.63, 3.8) is 0 Å². The molecule has 1 aromatic carbocycles. The summed E-state index contributed by atoms with van der Waals surface area (Å²) in [6, 6.07) is 4.18. The smallest absolute Gasteiger partial charge is 0.306 e. The predicted octanol–water partition coefficient (Wildman–Crippen LogP) is 3.92. The maximum Gasteiger partial charge on any atom is 0.306 e. The summed E-state index contributed by atoms with van der Waals surface area (Å²) < 4.78 is 5.62. The van der Waals surface area contributed by atoms with Crippen LogP contribution in [0.2, 0.25) is 0 Å². The van der Waals surface area contributed by atoms with Crippen LogP contribution in [-0.4, -0.2) is 17.7 Å². The fourth-order valence-electron chi connectivity index (χ4n) is 3.05. The Morgan fingerprint density at radius 2 is 2.10 bits per heavy atom. The van der Waals surface area contributed by atoms with Gasteiger partial charge in [0.15, 0.2) is 0 Å². The molecule has 3 unspecified atom stereocenters. The Hall–Kier alpha value is -1.51. The van der Waals surface area contributed by atoms with E-state index in [1.807, 2.05) is 13.0 Å². The lowest BCUT2D eigenvalue weighted by Gasteiger charge is -2.18. The molecule has 110 valence electrons. The summed E-state index contributed by atoms with van der Waals surface area (Å²) in [6.07, 6.45) is 1.81. The molecule has 3 heteroatoms. The summed E-state index contributed by atoms with van der Waals surface area (Å²) >= 11 is 0. The molecule has 2 rings (SSSR count). The van der Waals surface area contributed by atoms with Gasteiger partial charge in [0.25, 0.3) is 0 Å². The molecule has 1 N–H and O–H groups in total. The van der Waals surface area contributed by atoms with Crippen LogP contribution in [0.5, 0.6) is 5.75 Å². The standard InChI is InChI=1S/C17H24O3/c1-5-20-16-7-6-14(11(3)12(16)4)10(2)8-13-9-15(13)17(18)19/h6-7,10,13,15H,5,8-9H2,1-4H3,(H,18,19). The molecule has 0 aliphatic heterocycles. The van der Waals surface area contributed by atoms with Crippen molar-refractivity contribution in [2.45, 2.75) is 46.5 Å². The molecule has 1 fully saturated rings. The Labute approximate surface area is 121 Å². The van der Waals surface area contributed by atoms with Crippen LogP contribution >= 0.6 is 0 Å². The topological polar surface area (TPSA) is 46.5 Å². The van der Waals surface area contributed by atoms with Crippen LogP contribution in [0.3, 0.4) is 0 Å². The number of benzene rings is 1. The minimum atomic E-state index is -0.637.